The highest BCUT2D eigenvalue weighted by molar-refractivity contribution is 6.38. The molecule has 9 heteroatoms. The summed E-state index contributed by atoms with van der Waals surface area (Å²) < 4.78 is 6.89. The van der Waals surface area contributed by atoms with Crippen molar-refractivity contribution in [2.24, 2.45) is 0 Å². The lowest BCUT2D eigenvalue weighted by Crippen LogP contribution is -2.13. The minimum Gasteiger partial charge on any atom is -0.382 e. The average molecular weight is 329 g/mol. The largest absolute Gasteiger partial charge is 0.382 e. The summed E-state index contributed by atoms with van der Waals surface area (Å²) in [7, 11) is 0. The van der Waals surface area contributed by atoms with Gasteiger partial charge in [-0.05, 0) is 0 Å². The summed E-state index contributed by atoms with van der Waals surface area (Å²) in [5.41, 5.74) is 7.74. The van der Waals surface area contributed by atoms with Crippen LogP contribution < -0.4 is 5.73 Å². The van der Waals surface area contributed by atoms with Crippen molar-refractivity contribution in [2.75, 3.05) is 12.3 Å². The maximum Gasteiger partial charge on any atom is 0.272 e. The molecule has 0 saturated heterocycles. The maximum atomic E-state index is 10.8. The lowest BCUT2D eigenvalue weighted by Gasteiger charge is -2.16. The molecule has 0 atom stereocenters. The van der Waals surface area contributed by atoms with Gasteiger partial charge in [-0.3, -0.25) is 10.1 Å². The van der Waals surface area contributed by atoms with E-state index in [1.807, 2.05) is 0 Å². The number of anilines is 1. The van der Waals surface area contributed by atoms with Crippen LogP contribution in [-0.4, -0.2) is 21.3 Å². The number of nitro groups is 1. The van der Waals surface area contributed by atoms with Gasteiger partial charge in [0.2, 0.25) is 0 Å². The highest BCUT2D eigenvalue weighted by Crippen LogP contribution is 2.35. The van der Waals surface area contributed by atoms with Crippen LogP contribution in [0.3, 0.4) is 0 Å². The zero-order valence-corrected chi connectivity index (χ0v) is 12.2. The van der Waals surface area contributed by atoms with Crippen LogP contribution in [0.2, 0.25) is 10.0 Å². The van der Waals surface area contributed by atoms with E-state index >= 15 is 0 Å². The SMILES string of the molecule is Nc1nn(-c2c(Cl)cc([N+](=O)[O-])cc2Cl)c2c1COCC2. The van der Waals surface area contributed by atoms with Gasteiger partial charge in [-0.2, -0.15) is 0 Å². The second-order valence-corrected chi connectivity index (χ2v) is 5.35. The van der Waals surface area contributed by atoms with E-state index < -0.39 is 4.92 Å². The Bertz CT molecular complexity index is 721. The number of benzene rings is 1. The van der Waals surface area contributed by atoms with Crippen LogP contribution in [0.5, 0.6) is 0 Å². The molecule has 0 fully saturated rings. The lowest BCUT2D eigenvalue weighted by molar-refractivity contribution is -0.384. The normalized spacial score (nSPS) is 14.0. The summed E-state index contributed by atoms with van der Waals surface area (Å²) >= 11 is 12.3. The molecule has 2 heterocycles. The summed E-state index contributed by atoms with van der Waals surface area (Å²) in [6.45, 7) is 0.920. The van der Waals surface area contributed by atoms with E-state index in [0.29, 0.717) is 31.1 Å². The summed E-state index contributed by atoms with van der Waals surface area (Å²) in [6.07, 6.45) is 0.614. The van der Waals surface area contributed by atoms with E-state index in [9.17, 15) is 10.1 Å². The van der Waals surface area contributed by atoms with Crippen LogP contribution in [0.25, 0.3) is 5.69 Å². The van der Waals surface area contributed by atoms with E-state index in [1.54, 1.807) is 4.68 Å². The van der Waals surface area contributed by atoms with Gasteiger partial charge in [-0.25, -0.2) is 4.68 Å². The molecule has 0 saturated carbocycles. The molecule has 0 radical (unpaired) electrons. The molecule has 1 aromatic heterocycles. The van der Waals surface area contributed by atoms with Crippen LogP contribution in [-0.2, 0) is 17.8 Å². The monoisotopic (exact) mass is 328 g/mol. The molecular formula is C12H10Cl2N4O3. The first-order valence-corrected chi connectivity index (χ1v) is 6.82. The van der Waals surface area contributed by atoms with Crippen molar-refractivity contribution in [3.05, 3.63) is 43.5 Å². The summed E-state index contributed by atoms with van der Waals surface area (Å²) in [6, 6.07) is 2.48. The van der Waals surface area contributed by atoms with Crippen LogP contribution in [0, 0.1) is 10.1 Å². The molecule has 1 aliphatic heterocycles. The molecule has 3 rings (SSSR count). The molecule has 0 spiro atoms. The predicted octanol–water partition coefficient (Wildman–Crippen LogP) is 2.74. The highest BCUT2D eigenvalue weighted by Gasteiger charge is 2.24. The fourth-order valence-electron chi connectivity index (χ4n) is 2.31. The fourth-order valence-corrected chi connectivity index (χ4v) is 2.94. The number of ether oxygens (including phenoxy) is 1. The highest BCUT2D eigenvalue weighted by atomic mass is 35.5. The standard InChI is InChI=1S/C12H10Cl2N4O3/c13-8-3-6(18(19)20)4-9(14)11(8)17-10-1-2-21-5-7(10)12(15)16-17/h3-4H,1-2,5H2,(H2,15,16). The Morgan fingerprint density at radius 1 is 1.38 bits per heavy atom. The van der Waals surface area contributed by atoms with Crippen LogP contribution >= 0.6 is 23.2 Å². The van der Waals surface area contributed by atoms with E-state index in [2.05, 4.69) is 5.10 Å². The van der Waals surface area contributed by atoms with Crippen LogP contribution in [0.4, 0.5) is 11.5 Å². The Hall–Kier alpha value is -1.83. The van der Waals surface area contributed by atoms with Gasteiger partial charge in [-0.15, -0.1) is 5.10 Å². The van der Waals surface area contributed by atoms with E-state index in [0.717, 1.165) is 11.3 Å². The Kier molecular flexibility index (Phi) is 3.48. The van der Waals surface area contributed by atoms with Gasteiger partial charge in [0.25, 0.3) is 5.69 Å². The van der Waals surface area contributed by atoms with E-state index in [4.69, 9.17) is 33.7 Å². The first kappa shape index (κ1) is 14.1. The second kappa shape index (κ2) is 5.18. The topological polar surface area (TPSA) is 96.2 Å². The number of nitrogens with two attached hydrogens (primary N) is 1. The van der Waals surface area contributed by atoms with E-state index in [-0.39, 0.29) is 15.7 Å². The van der Waals surface area contributed by atoms with Gasteiger partial charge in [0.1, 0.15) is 5.69 Å². The van der Waals surface area contributed by atoms with Crippen molar-refractivity contribution in [2.45, 2.75) is 13.0 Å². The number of nitrogens with zero attached hydrogens (tertiary/aromatic N) is 3. The molecular weight excluding hydrogens is 319 g/mol. The fraction of sp³-hybridized carbons (Fsp3) is 0.250. The predicted molar refractivity (Wildman–Crippen MR) is 78.0 cm³/mol. The quantitative estimate of drug-likeness (QED) is 0.675. The summed E-state index contributed by atoms with van der Waals surface area (Å²) in [4.78, 5) is 10.3. The van der Waals surface area contributed by atoms with Gasteiger partial charge < -0.3 is 10.5 Å². The van der Waals surface area contributed by atoms with Gasteiger partial charge in [0.05, 0.1) is 33.9 Å². The molecule has 1 aromatic carbocycles. The average Bonchev–Trinajstić information content (AvgIpc) is 2.76. The van der Waals surface area contributed by atoms with Gasteiger partial charge in [0.15, 0.2) is 5.82 Å². The van der Waals surface area contributed by atoms with E-state index in [1.165, 1.54) is 12.1 Å². The van der Waals surface area contributed by atoms with Crippen molar-refractivity contribution in [3.63, 3.8) is 0 Å². The first-order chi connectivity index (χ1) is 9.99. The molecule has 7 nitrogen and oxygen atoms in total. The third-order valence-corrected chi connectivity index (χ3v) is 3.85. The molecule has 2 N–H and O–H groups in total. The second-order valence-electron chi connectivity index (χ2n) is 4.54. The zero-order valence-electron chi connectivity index (χ0n) is 10.7. The molecule has 0 unspecified atom stereocenters. The number of hydrogen-bond donors (Lipinski definition) is 1. The molecule has 0 amide bonds. The molecule has 0 aliphatic carbocycles. The Balaban J connectivity index is 2.20. The number of halogens is 2. The van der Waals surface area contributed by atoms with Crippen LogP contribution in [0.15, 0.2) is 12.1 Å². The zero-order chi connectivity index (χ0) is 15.1. The number of nitro benzene ring substituents is 1. The molecule has 0 bridgehead atoms. The molecule has 110 valence electrons. The van der Waals surface area contributed by atoms with Crippen molar-refractivity contribution in [3.8, 4) is 5.69 Å². The minimum absolute atomic E-state index is 0.144. The number of aromatic nitrogens is 2. The number of fused-ring (bicyclic) bond motifs is 1. The Morgan fingerprint density at radius 2 is 2.05 bits per heavy atom. The molecule has 2 aromatic rings. The third kappa shape index (κ3) is 2.33. The van der Waals surface area contributed by atoms with Crippen molar-refractivity contribution in [1.82, 2.24) is 9.78 Å². The molecule has 1 aliphatic rings. The van der Waals surface area contributed by atoms with Crippen molar-refractivity contribution < 1.29 is 9.66 Å². The maximum absolute atomic E-state index is 10.8. The molecule has 21 heavy (non-hydrogen) atoms. The lowest BCUT2D eigenvalue weighted by atomic mass is 10.1. The van der Waals surface area contributed by atoms with Gasteiger partial charge in [-0.1, -0.05) is 23.2 Å². The minimum atomic E-state index is -0.553. The first-order valence-electron chi connectivity index (χ1n) is 6.07. The smallest absolute Gasteiger partial charge is 0.272 e. The number of nitrogen functional groups attached to an aromatic ring is 1. The summed E-state index contributed by atoms with van der Waals surface area (Å²) in [5, 5.41) is 15.3. The number of non-ortho nitro benzene ring substituents is 1. The van der Waals surface area contributed by atoms with Crippen LogP contribution in [0.1, 0.15) is 11.3 Å². The van der Waals surface area contributed by atoms with Gasteiger partial charge in [0, 0.05) is 24.1 Å². The third-order valence-electron chi connectivity index (χ3n) is 3.27. The Labute approximate surface area is 129 Å². The number of rotatable bonds is 2. The number of hydrogen-bond acceptors (Lipinski definition) is 5. The Morgan fingerprint density at radius 3 is 2.67 bits per heavy atom. The van der Waals surface area contributed by atoms with Gasteiger partial charge >= 0.3 is 0 Å². The van der Waals surface area contributed by atoms with Crippen molar-refractivity contribution >= 4 is 34.7 Å². The summed E-state index contributed by atoms with van der Waals surface area (Å²) in [5.74, 6) is 0.343. The van der Waals surface area contributed by atoms with Crippen molar-refractivity contribution in [1.29, 1.82) is 0 Å².